The van der Waals surface area contributed by atoms with Crippen molar-refractivity contribution in [3.8, 4) is 0 Å². The second kappa shape index (κ2) is 7.65. The quantitative estimate of drug-likeness (QED) is 0.836. The molecule has 0 radical (unpaired) electrons. The van der Waals surface area contributed by atoms with Gasteiger partial charge in [-0.3, -0.25) is 4.79 Å². The molecule has 1 heterocycles. The predicted molar refractivity (Wildman–Crippen MR) is 77.5 cm³/mol. The number of ether oxygens (including phenoxy) is 2. The van der Waals surface area contributed by atoms with Crippen LogP contribution in [0, 0.1) is 11.6 Å². The van der Waals surface area contributed by atoms with Crippen molar-refractivity contribution in [2.45, 2.75) is 32.0 Å². The Balaban J connectivity index is 1.92. The molecule has 1 amide bonds. The number of methoxy groups -OCH3 is 1. The van der Waals surface area contributed by atoms with E-state index in [4.69, 9.17) is 9.47 Å². The zero-order valence-corrected chi connectivity index (χ0v) is 12.9. The van der Waals surface area contributed by atoms with Crippen molar-refractivity contribution in [1.29, 1.82) is 0 Å². The van der Waals surface area contributed by atoms with Crippen LogP contribution >= 0.6 is 0 Å². The highest BCUT2D eigenvalue weighted by Gasteiger charge is 2.28. The number of carbonyl (C=O) groups excluding carboxylic acids is 1. The highest BCUT2D eigenvalue weighted by molar-refractivity contribution is 5.76. The summed E-state index contributed by atoms with van der Waals surface area (Å²) >= 11 is 0. The first-order valence-corrected chi connectivity index (χ1v) is 7.36. The minimum absolute atomic E-state index is 0.0660. The fourth-order valence-corrected chi connectivity index (χ4v) is 2.67. The van der Waals surface area contributed by atoms with Crippen molar-refractivity contribution >= 4 is 5.91 Å². The van der Waals surface area contributed by atoms with Crippen LogP contribution < -0.4 is 0 Å². The number of rotatable bonds is 5. The van der Waals surface area contributed by atoms with E-state index in [9.17, 15) is 13.6 Å². The topological polar surface area (TPSA) is 38.8 Å². The predicted octanol–water partition coefficient (Wildman–Crippen LogP) is 2.16. The maximum Gasteiger partial charge on any atom is 0.223 e. The highest BCUT2D eigenvalue weighted by atomic mass is 19.2. The zero-order valence-electron chi connectivity index (χ0n) is 12.9. The van der Waals surface area contributed by atoms with E-state index in [2.05, 4.69) is 0 Å². The van der Waals surface area contributed by atoms with E-state index in [1.54, 1.807) is 12.0 Å². The fraction of sp³-hybridized carbons (Fsp3) is 0.562. The summed E-state index contributed by atoms with van der Waals surface area (Å²) < 4.78 is 37.5. The van der Waals surface area contributed by atoms with Gasteiger partial charge in [-0.05, 0) is 25.0 Å². The lowest BCUT2D eigenvalue weighted by Gasteiger charge is -2.36. The Hall–Kier alpha value is -1.53. The van der Waals surface area contributed by atoms with Gasteiger partial charge in [-0.1, -0.05) is 12.1 Å². The Labute approximate surface area is 129 Å². The van der Waals surface area contributed by atoms with Crippen LogP contribution in [0.15, 0.2) is 18.2 Å². The van der Waals surface area contributed by atoms with Gasteiger partial charge >= 0.3 is 0 Å². The van der Waals surface area contributed by atoms with Crippen molar-refractivity contribution in [2.75, 3.05) is 26.8 Å². The van der Waals surface area contributed by atoms with Gasteiger partial charge in [-0.15, -0.1) is 0 Å². The fourth-order valence-electron chi connectivity index (χ4n) is 2.67. The summed E-state index contributed by atoms with van der Waals surface area (Å²) in [5.41, 5.74) is 0.225. The lowest BCUT2D eigenvalue weighted by atomic mass is 10.1. The number of carbonyl (C=O) groups is 1. The molecule has 1 aliphatic rings. The van der Waals surface area contributed by atoms with Crippen LogP contribution in [-0.4, -0.2) is 49.8 Å². The van der Waals surface area contributed by atoms with Crippen molar-refractivity contribution in [2.24, 2.45) is 0 Å². The highest BCUT2D eigenvalue weighted by Crippen LogP contribution is 2.16. The van der Waals surface area contributed by atoms with Gasteiger partial charge in [-0.25, -0.2) is 8.78 Å². The standard InChI is InChI=1S/C16H21F2NO3/c1-11-8-19(9-13(22-11)10-21-2)15(20)7-6-12-4-3-5-14(17)16(12)18/h3-5,11,13H,6-10H2,1-2H3. The van der Waals surface area contributed by atoms with Crippen LogP contribution in [0.4, 0.5) is 8.78 Å². The van der Waals surface area contributed by atoms with Gasteiger partial charge in [0.25, 0.3) is 0 Å². The summed E-state index contributed by atoms with van der Waals surface area (Å²) in [6, 6.07) is 4.02. The molecule has 0 N–H and O–H groups in total. The van der Waals surface area contributed by atoms with Crippen molar-refractivity contribution in [3.05, 3.63) is 35.4 Å². The molecular formula is C16H21F2NO3. The Kier molecular flexibility index (Phi) is 5.85. The molecule has 1 aromatic carbocycles. The summed E-state index contributed by atoms with van der Waals surface area (Å²) in [6.45, 7) is 3.29. The smallest absolute Gasteiger partial charge is 0.223 e. The number of hydrogen-bond acceptors (Lipinski definition) is 3. The van der Waals surface area contributed by atoms with Crippen LogP contribution in [0.5, 0.6) is 0 Å². The number of benzene rings is 1. The van der Waals surface area contributed by atoms with Gasteiger partial charge in [0.15, 0.2) is 11.6 Å². The largest absolute Gasteiger partial charge is 0.382 e. The molecule has 0 aliphatic carbocycles. The first-order chi connectivity index (χ1) is 10.5. The molecular weight excluding hydrogens is 292 g/mol. The first-order valence-electron chi connectivity index (χ1n) is 7.36. The maximum atomic E-state index is 13.6. The first kappa shape index (κ1) is 16.8. The molecule has 22 heavy (non-hydrogen) atoms. The van der Waals surface area contributed by atoms with Crippen LogP contribution in [-0.2, 0) is 20.7 Å². The molecule has 6 heteroatoms. The molecule has 1 aromatic rings. The van der Waals surface area contributed by atoms with Crippen molar-refractivity contribution in [1.82, 2.24) is 4.90 Å². The monoisotopic (exact) mass is 313 g/mol. The van der Waals surface area contributed by atoms with Gasteiger partial charge in [0, 0.05) is 26.6 Å². The summed E-state index contributed by atoms with van der Waals surface area (Å²) in [6.07, 6.45) is 0.114. The molecule has 1 fully saturated rings. The summed E-state index contributed by atoms with van der Waals surface area (Å²) in [5.74, 6) is -1.84. The molecule has 1 aliphatic heterocycles. The molecule has 122 valence electrons. The van der Waals surface area contributed by atoms with E-state index in [1.165, 1.54) is 12.1 Å². The van der Waals surface area contributed by atoms with Gasteiger partial charge in [0.2, 0.25) is 5.91 Å². The Morgan fingerprint density at radius 3 is 2.91 bits per heavy atom. The van der Waals surface area contributed by atoms with E-state index in [1.807, 2.05) is 6.92 Å². The van der Waals surface area contributed by atoms with Crippen LogP contribution in [0.25, 0.3) is 0 Å². The third kappa shape index (κ3) is 4.24. The minimum atomic E-state index is -0.884. The van der Waals surface area contributed by atoms with Crippen LogP contribution in [0.2, 0.25) is 0 Å². The number of nitrogens with zero attached hydrogens (tertiary/aromatic N) is 1. The molecule has 2 unspecified atom stereocenters. The summed E-state index contributed by atoms with van der Waals surface area (Å²) in [7, 11) is 1.58. The summed E-state index contributed by atoms with van der Waals surface area (Å²) in [5, 5.41) is 0. The number of hydrogen-bond donors (Lipinski definition) is 0. The van der Waals surface area contributed by atoms with Gasteiger partial charge in [-0.2, -0.15) is 0 Å². The lowest BCUT2D eigenvalue weighted by molar-refractivity contribution is -0.148. The molecule has 0 aromatic heterocycles. The van der Waals surface area contributed by atoms with E-state index in [0.717, 1.165) is 6.07 Å². The van der Waals surface area contributed by atoms with E-state index < -0.39 is 11.6 Å². The molecule has 2 atom stereocenters. The normalized spacial score (nSPS) is 21.9. The van der Waals surface area contributed by atoms with E-state index in [0.29, 0.717) is 19.7 Å². The Morgan fingerprint density at radius 1 is 1.41 bits per heavy atom. The average Bonchev–Trinajstić information content (AvgIpc) is 2.48. The van der Waals surface area contributed by atoms with Gasteiger partial charge < -0.3 is 14.4 Å². The molecule has 0 bridgehead atoms. The second-order valence-corrected chi connectivity index (χ2v) is 5.54. The zero-order chi connectivity index (χ0) is 16.1. The van der Waals surface area contributed by atoms with Gasteiger partial charge in [0.05, 0.1) is 18.8 Å². The second-order valence-electron chi connectivity index (χ2n) is 5.54. The Bertz CT molecular complexity index is 524. The lowest BCUT2D eigenvalue weighted by Crippen LogP contribution is -2.50. The number of amides is 1. The maximum absolute atomic E-state index is 13.6. The van der Waals surface area contributed by atoms with Crippen molar-refractivity contribution in [3.63, 3.8) is 0 Å². The number of halogens is 2. The number of morpholine rings is 1. The van der Waals surface area contributed by atoms with Crippen LogP contribution in [0.1, 0.15) is 18.9 Å². The third-order valence-electron chi connectivity index (χ3n) is 3.67. The molecule has 0 spiro atoms. The average molecular weight is 313 g/mol. The molecule has 0 saturated carbocycles. The number of aryl methyl sites for hydroxylation is 1. The van der Waals surface area contributed by atoms with E-state index >= 15 is 0 Å². The van der Waals surface area contributed by atoms with Gasteiger partial charge in [0.1, 0.15) is 0 Å². The van der Waals surface area contributed by atoms with E-state index in [-0.39, 0.29) is 36.5 Å². The minimum Gasteiger partial charge on any atom is -0.382 e. The SMILES string of the molecule is COCC1CN(C(=O)CCc2cccc(F)c2F)CC(C)O1. The molecule has 2 rings (SSSR count). The Morgan fingerprint density at radius 2 is 2.18 bits per heavy atom. The molecule has 4 nitrogen and oxygen atoms in total. The third-order valence-corrected chi connectivity index (χ3v) is 3.67. The molecule has 1 saturated heterocycles. The van der Waals surface area contributed by atoms with Crippen molar-refractivity contribution < 1.29 is 23.0 Å². The summed E-state index contributed by atoms with van der Waals surface area (Å²) in [4.78, 5) is 14.0. The van der Waals surface area contributed by atoms with Crippen LogP contribution in [0.3, 0.4) is 0 Å².